The third-order valence-corrected chi connectivity index (χ3v) is 4.14. The highest BCUT2D eigenvalue weighted by molar-refractivity contribution is 7.08. The fraction of sp³-hybridized carbons (Fsp3) is 0.333. The first-order valence-electron chi connectivity index (χ1n) is 6.94. The molecule has 0 saturated carbocycles. The molecular weight excluding hydrogens is 286 g/mol. The van der Waals surface area contributed by atoms with Crippen LogP contribution in [0.3, 0.4) is 0 Å². The van der Waals surface area contributed by atoms with Crippen LogP contribution in [0.25, 0.3) is 0 Å². The van der Waals surface area contributed by atoms with Crippen LogP contribution in [0.15, 0.2) is 41.4 Å². The molecule has 2 aromatic rings. The zero-order valence-corrected chi connectivity index (χ0v) is 12.3. The lowest BCUT2D eigenvalue weighted by Crippen LogP contribution is -2.44. The number of aromatic nitrogens is 1. The van der Waals surface area contributed by atoms with Crippen LogP contribution in [0.2, 0.25) is 0 Å². The lowest BCUT2D eigenvalue weighted by atomic mass is 9.97. The Hall–Kier alpha value is -1.92. The second-order valence-corrected chi connectivity index (χ2v) is 5.71. The molecule has 3 rings (SSSR count). The molecule has 0 radical (unpaired) electrons. The SMILES string of the molecule is O=C(Nc1ccsc1)N[C@H]1CCCO[C@@H]1c1ccncc1. The molecule has 2 atom stereocenters. The van der Waals surface area contributed by atoms with Crippen LogP contribution in [0.1, 0.15) is 24.5 Å². The van der Waals surface area contributed by atoms with Gasteiger partial charge in [-0.1, -0.05) is 0 Å². The van der Waals surface area contributed by atoms with Crippen LogP contribution >= 0.6 is 11.3 Å². The lowest BCUT2D eigenvalue weighted by Gasteiger charge is -2.32. The molecule has 2 amide bonds. The van der Waals surface area contributed by atoms with Crippen molar-refractivity contribution in [2.75, 3.05) is 11.9 Å². The topological polar surface area (TPSA) is 63.2 Å². The Kier molecular flexibility index (Phi) is 4.47. The molecule has 2 N–H and O–H groups in total. The van der Waals surface area contributed by atoms with E-state index >= 15 is 0 Å². The molecule has 0 bridgehead atoms. The van der Waals surface area contributed by atoms with Crippen LogP contribution in [0, 0.1) is 0 Å². The van der Waals surface area contributed by atoms with Gasteiger partial charge in [0.05, 0.1) is 11.7 Å². The monoisotopic (exact) mass is 303 g/mol. The molecule has 2 aromatic heterocycles. The van der Waals surface area contributed by atoms with Crippen molar-refractivity contribution in [3.05, 3.63) is 46.9 Å². The van der Waals surface area contributed by atoms with E-state index in [1.807, 2.05) is 29.0 Å². The van der Waals surface area contributed by atoms with E-state index in [1.54, 1.807) is 23.7 Å². The Morgan fingerprint density at radius 3 is 2.95 bits per heavy atom. The van der Waals surface area contributed by atoms with Crippen molar-refractivity contribution in [2.45, 2.75) is 25.0 Å². The first-order chi connectivity index (χ1) is 10.3. The summed E-state index contributed by atoms with van der Waals surface area (Å²) in [7, 11) is 0. The number of ether oxygens (including phenoxy) is 1. The van der Waals surface area contributed by atoms with Crippen molar-refractivity contribution in [1.29, 1.82) is 0 Å². The minimum Gasteiger partial charge on any atom is -0.371 e. The van der Waals surface area contributed by atoms with Crippen molar-refractivity contribution in [3.8, 4) is 0 Å². The maximum Gasteiger partial charge on any atom is 0.319 e. The Bertz CT molecular complexity index is 574. The van der Waals surface area contributed by atoms with Crippen LogP contribution in [-0.4, -0.2) is 23.7 Å². The second kappa shape index (κ2) is 6.69. The van der Waals surface area contributed by atoms with Gasteiger partial charge in [0.2, 0.25) is 0 Å². The number of carbonyl (C=O) groups excluding carboxylic acids is 1. The highest BCUT2D eigenvalue weighted by Crippen LogP contribution is 2.28. The van der Waals surface area contributed by atoms with E-state index in [0.717, 1.165) is 30.7 Å². The first kappa shape index (κ1) is 14.0. The number of anilines is 1. The summed E-state index contributed by atoms with van der Waals surface area (Å²) in [6, 6.07) is 5.52. The summed E-state index contributed by atoms with van der Waals surface area (Å²) in [6.07, 6.45) is 5.23. The van der Waals surface area contributed by atoms with Crippen molar-refractivity contribution in [1.82, 2.24) is 10.3 Å². The van der Waals surface area contributed by atoms with E-state index in [9.17, 15) is 4.79 Å². The zero-order chi connectivity index (χ0) is 14.5. The van der Waals surface area contributed by atoms with E-state index in [1.165, 1.54) is 0 Å². The standard InChI is InChI=1S/C15H17N3O2S/c19-15(17-12-5-9-21-10-12)18-13-2-1-8-20-14(13)11-3-6-16-7-4-11/h3-7,9-10,13-14H,1-2,8H2,(H2,17,18,19)/t13-,14+/m0/s1. The average Bonchev–Trinajstić information content (AvgIpc) is 3.01. The molecule has 5 nitrogen and oxygen atoms in total. The van der Waals surface area contributed by atoms with Gasteiger partial charge in [-0.15, -0.1) is 0 Å². The summed E-state index contributed by atoms with van der Waals surface area (Å²) in [5.74, 6) is 0. The van der Waals surface area contributed by atoms with Gasteiger partial charge in [0.25, 0.3) is 0 Å². The van der Waals surface area contributed by atoms with Crippen LogP contribution in [-0.2, 0) is 4.74 Å². The predicted octanol–water partition coefficient (Wildman–Crippen LogP) is 3.18. The number of carbonyl (C=O) groups is 1. The number of hydrogen-bond donors (Lipinski definition) is 2. The lowest BCUT2D eigenvalue weighted by molar-refractivity contribution is -0.00701. The summed E-state index contributed by atoms with van der Waals surface area (Å²) in [4.78, 5) is 16.1. The minimum absolute atomic E-state index is 0.0280. The second-order valence-electron chi connectivity index (χ2n) is 4.93. The highest BCUT2D eigenvalue weighted by Gasteiger charge is 2.28. The quantitative estimate of drug-likeness (QED) is 0.915. The molecule has 0 aliphatic carbocycles. The molecule has 1 fully saturated rings. The fourth-order valence-corrected chi connectivity index (χ4v) is 3.07. The number of pyridine rings is 1. The number of thiophene rings is 1. The van der Waals surface area contributed by atoms with Crippen LogP contribution < -0.4 is 10.6 Å². The molecule has 21 heavy (non-hydrogen) atoms. The predicted molar refractivity (Wildman–Crippen MR) is 82.4 cm³/mol. The number of urea groups is 1. The van der Waals surface area contributed by atoms with Gasteiger partial charge in [0.15, 0.2) is 0 Å². The first-order valence-corrected chi connectivity index (χ1v) is 7.88. The van der Waals surface area contributed by atoms with E-state index < -0.39 is 0 Å². The van der Waals surface area contributed by atoms with E-state index in [-0.39, 0.29) is 18.2 Å². The largest absolute Gasteiger partial charge is 0.371 e. The maximum absolute atomic E-state index is 12.1. The summed E-state index contributed by atoms with van der Waals surface area (Å²) < 4.78 is 5.84. The van der Waals surface area contributed by atoms with Crippen LogP contribution in [0.5, 0.6) is 0 Å². The molecule has 0 unspecified atom stereocenters. The number of amides is 2. The molecule has 1 saturated heterocycles. The fourth-order valence-electron chi connectivity index (χ4n) is 2.48. The average molecular weight is 303 g/mol. The number of nitrogens with zero attached hydrogens (tertiary/aromatic N) is 1. The van der Waals surface area contributed by atoms with Gasteiger partial charge in [-0.05, 0) is 42.0 Å². The maximum atomic E-state index is 12.1. The molecule has 0 aromatic carbocycles. The van der Waals surface area contributed by atoms with Gasteiger partial charge < -0.3 is 15.4 Å². The molecular formula is C15H17N3O2S. The van der Waals surface area contributed by atoms with Gasteiger partial charge >= 0.3 is 6.03 Å². The Labute approximate surface area is 127 Å². The number of nitrogens with one attached hydrogen (secondary N) is 2. The van der Waals surface area contributed by atoms with Crippen molar-refractivity contribution < 1.29 is 9.53 Å². The van der Waals surface area contributed by atoms with Crippen molar-refractivity contribution in [3.63, 3.8) is 0 Å². The van der Waals surface area contributed by atoms with Gasteiger partial charge in [-0.2, -0.15) is 11.3 Å². The van der Waals surface area contributed by atoms with Gasteiger partial charge in [-0.25, -0.2) is 4.79 Å². The Balaban J connectivity index is 1.66. The molecule has 110 valence electrons. The van der Waals surface area contributed by atoms with Gasteiger partial charge in [0.1, 0.15) is 6.10 Å². The molecule has 6 heteroatoms. The Morgan fingerprint density at radius 1 is 1.33 bits per heavy atom. The number of hydrogen-bond acceptors (Lipinski definition) is 4. The third kappa shape index (κ3) is 3.59. The van der Waals surface area contributed by atoms with E-state index in [2.05, 4.69) is 15.6 Å². The summed E-state index contributed by atoms with van der Waals surface area (Å²) in [5, 5.41) is 9.68. The van der Waals surface area contributed by atoms with Gasteiger partial charge in [-0.3, -0.25) is 4.98 Å². The number of rotatable bonds is 3. The summed E-state index contributed by atoms with van der Waals surface area (Å²) in [5.41, 5.74) is 1.86. The Morgan fingerprint density at radius 2 is 2.19 bits per heavy atom. The smallest absolute Gasteiger partial charge is 0.319 e. The molecule has 3 heterocycles. The van der Waals surface area contributed by atoms with Crippen molar-refractivity contribution in [2.24, 2.45) is 0 Å². The zero-order valence-electron chi connectivity index (χ0n) is 11.5. The van der Waals surface area contributed by atoms with Crippen molar-refractivity contribution >= 4 is 23.1 Å². The highest BCUT2D eigenvalue weighted by atomic mass is 32.1. The van der Waals surface area contributed by atoms with E-state index in [0.29, 0.717) is 0 Å². The molecule has 1 aliphatic rings. The van der Waals surface area contributed by atoms with Gasteiger partial charge in [0, 0.05) is 24.4 Å². The molecule has 0 spiro atoms. The normalized spacial score (nSPS) is 21.7. The summed E-state index contributed by atoms with van der Waals surface area (Å²) in [6.45, 7) is 0.720. The van der Waals surface area contributed by atoms with E-state index in [4.69, 9.17) is 4.74 Å². The molecule has 1 aliphatic heterocycles. The minimum atomic E-state index is -0.192. The van der Waals surface area contributed by atoms with Crippen LogP contribution in [0.4, 0.5) is 10.5 Å². The summed E-state index contributed by atoms with van der Waals surface area (Å²) >= 11 is 1.55. The third-order valence-electron chi connectivity index (χ3n) is 3.45.